The molecular formula is C12H22N2OS. The van der Waals surface area contributed by atoms with E-state index in [1.54, 1.807) is 0 Å². The van der Waals surface area contributed by atoms with Crippen LogP contribution in [0.3, 0.4) is 0 Å². The second-order valence-corrected chi connectivity index (χ2v) is 7.00. The summed E-state index contributed by atoms with van der Waals surface area (Å²) in [6, 6.07) is 1.02. The van der Waals surface area contributed by atoms with E-state index in [-0.39, 0.29) is 5.54 Å². The first-order valence-electron chi connectivity index (χ1n) is 6.46. The molecule has 92 valence electrons. The van der Waals surface area contributed by atoms with Gasteiger partial charge < -0.3 is 16.2 Å². The molecule has 0 saturated carbocycles. The zero-order valence-electron chi connectivity index (χ0n) is 9.74. The van der Waals surface area contributed by atoms with Crippen LogP contribution >= 0.6 is 11.8 Å². The van der Waals surface area contributed by atoms with Crippen molar-refractivity contribution in [3.63, 3.8) is 0 Å². The van der Waals surface area contributed by atoms with Crippen LogP contribution in [-0.4, -0.2) is 39.8 Å². The summed E-state index contributed by atoms with van der Waals surface area (Å²) in [6.45, 7) is 0. The van der Waals surface area contributed by atoms with Crippen LogP contribution in [0.4, 0.5) is 0 Å². The fraction of sp³-hybridized carbons (Fsp3) is 1.00. The van der Waals surface area contributed by atoms with Gasteiger partial charge in [-0.05, 0) is 44.3 Å². The maximum Gasteiger partial charge on any atom is 0.0864 e. The predicted molar refractivity (Wildman–Crippen MR) is 67.6 cm³/mol. The number of thioether (sulfide) groups is 1. The molecule has 3 rings (SSSR count). The molecule has 0 spiro atoms. The van der Waals surface area contributed by atoms with Crippen molar-refractivity contribution < 1.29 is 5.11 Å². The molecule has 0 amide bonds. The van der Waals surface area contributed by atoms with E-state index in [2.05, 4.69) is 5.32 Å². The molecule has 4 heteroatoms. The third kappa shape index (κ3) is 1.70. The number of nitrogens with one attached hydrogen (secondary N) is 1. The largest absolute Gasteiger partial charge is 0.388 e. The first kappa shape index (κ1) is 11.3. The van der Waals surface area contributed by atoms with Gasteiger partial charge in [0.25, 0.3) is 0 Å². The zero-order valence-corrected chi connectivity index (χ0v) is 10.6. The summed E-state index contributed by atoms with van der Waals surface area (Å²) in [6.07, 6.45) is 6.32. The second-order valence-electron chi connectivity index (χ2n) is 5.89. The third-order valence-corrected chi connectivity index (χ3v) is 6.00. The summed E-state index contributed by atoms with van der Waals surface area (Å²) in [4.78, 5) is 0. The number of fused-ring (bicyclic) bond motifs is 2. The Labute approximate surface area is 102 Å². The number of aliphatic hydroxyl groups is 1. The first-order chi connectivity index (χ1) is 7.61. The van der Waals surface area contributed by atoms with Crippen molar-refractivity contribution in [3.05, 3.63) is 0 Å². The summed E-state index contributed by atoms with van der Waals surface area (Å²) in [5.41, 5.74) is 5.57. The van der Waals surface area contributed by atoms with E-state index in [1.807, 2.05) is 11.8 Å². The van der Waals surface area contributed by atoms with Crippen LogP contribution in [0.25, 0.3) is 0 Å². The van der Waals surface area contributed by atoms with Crippen LogP contribution in [-0.2, 0) is 0 Å². The van der Waals surface area contributed by atoms with E-state index in [4.69, 9.17) is 5.73 Å². The van der Waals surface area contributed by atoms with E-state index >= 15 is 0 Å². The molecule has 3 nitrogen and oxygen atoms in total. The topological polar surface area (TPSA) is 58.3 Å². The maximum absolute atomic E-state index is 11.0. The molecule has 0 aromatic carbocycles. The Hall–Kier alpha value is 0.230. The van der Waals surface area contributed by atoms with E-state index in [0.29, 0.717) is 12.1 Å². The van der Waals surface area contributed by atoms with Crippen molar-refractivity contribution in [2.24, 2.45) is 5.73 Å². The Morgan fingerprint density at radius 2 is 1.94 bits per heavy atom. The van der Waals surface area contributed by atoms with Crippen LogP contribution in [0.5, 0.6) is 0 Å². The van der Waals surface area contributed by atoms with Gasteiger partial charge in [0.05, 0.1) is 11.1 Å². The van der Waals surface area contributed by atoms with Gasteiger partial charge >= 0.3 is 0 Å². The van der Waals surface area contributed by atoms with Crippen molar-refractivity contribution in [1.29, 1.82) is 0 Å². The van der Waals surface area contributed by atoms with Gasteiger partial charge in [0.15, 0.2) is 0 Å². The highest BCUT2D eigenvalue weighted by atomic mass is 32.2. The molecule has 0 aromatic heterocycles. The smallest absolute Gasteiger partial charge is 0.0864 e. The number of rotatable bonds is 1. The Bertz CT molecular complexity index is 266. The molecule has 3 atom stereocenters. The number of hydrogen-bond donors (Lipinski definition) is 3. The SMILES string of the molecule is NC1(C2(O)CC3CCC(C2)N3)CCCSC1. The second kappa shape index (κ2) is 3.87. The Morgan fingerprint density at radius 1 is 1.25 bits per heavy atom. The molecule has 3 saturated heterocycles. The molecule has 3 fully saturated rings. The summed E-state index contributed by atoms with van der Waals surface area (Å²) < 4.78 is 0. The third-order valence-electron chi connectivity index (χ3n) is 4.70. The Balaban J connectivity index is 1.81. The van der Waals surface area contributed by atoms with E-state index in [9.17, 15) is 5.11 Å². The van der Waals surface area contributed by atoms with Crippen molar-refractivity contribution in [2.45, 2.75) is 61.7 Å². The molecule has 0 radical (unpaired) electrons. The molecule has 3 heterocycles. The van der Waals surface area contributed by atoms with Crippen LogP contribution in [0.2, 0.25) is 0 Å². The molecule has 3 aliphatic rings. The van der Waals surface area contributed by atoms with Crippen molar-refractivity contribution in [1.82, 2.24) is 5.32 Å². The predicted octanol–water partition coefficient (Wildman–Crippen LogP) is 0.856. The van der Waals surface area contributed by atoms with Gasteiger partial charge in [0.1, 0.15) is 0 Å². The Kier molecular flexibility index (Phi) is 2.74. The molecule has 3 unspecified atom stereocenters. The van der Waals surface area contributed by atoms with Crippen LogP contribution < -0.4 is 11.1 Å². The molecule has 0 aliphatic carbocycles. The molecule has 16 heavy (non-hydrogen) atoms. The highest BCUT2D eigenvalue weighted by Gasteiger charge is 2.53. The van der Waals surface area contributed by atoms with Gasteiger partial charge in [-0.25, -0.2) is 0 Å². The molecule has 3 aliphatic heterocycles. The fourth-order valence-corrected chi connectivity index (χ4v) is 4.98. The van der Waals surface area contributed by atoms with Crippen molar-refractivity contribution in [2.75, 3.05) is 11.5 Å². The van der Waals surface area contributed by atoms with E-state index in [1.165, 1.54) is 18.6 Å². The van der Waals surface area contributed by atoms with Gasteiger partial charge in [-0.15, -0.1) is 0 Å². The minimum atomic E-state index is -0.614. The Morgan fingerprint density at radius 3 is 2.50 bits per heavy atom. The van der Waals surface area contributed by atoms with Gasteiger partial charge in [-0.1, -0.05) is 0 Å². The van der Waals surface area contributed by atoms with Gasteiger partial charge in [0.2, 0.25) is 0 Å². The highest BCUT2D eigenvalue weighted by molar-refractivity contribution is 7.99. The average Bonchev–Trinajstić information content (AvgIpc) is 2.59. The van der Waals surface area contributed by atoms with Crippen LogP contribution in [0.1, 0.15) is 38.5 Å². The number of nitrogens with two attached hydrogens (primary N) is 1. The van der Waals surface area contributed by atoms with Crippen molar-refractivity contribution >= 4 is 11.8 Å². The molecular weight excluding hydrogens is 220 g/mol. The summed E-state index contributed by atoms with van der Waals surface area (Å²) in [7, 11) is 0. The summed E-state index contributed by atoms with van der Waals surface area (Å²) in [5, 5.41) is 14.5. The summed E-state index contributed by atoms with van der Waals surface area (Å²) >= 11 is 1.91. The quantitative estimate of drug-likeness (QED) is 0.638. The van der Waals surface area contributed by atoms with Gasteiger partial charge in [-0.3, -0.25) is 0 Å². The standard InChI is InChI=1S/C12H22N2OS/c13-11(4-1-5-16-8-11)12(15)6-9-2-3-10(7-12)14-9/h9-10,14-15H,1-8,13H2. The minimum Gasteiger partial charge on any atom is -0.388 e. The zero-order chi connectivity index (χ0) is 11.2. The first-order valence-corrected chi connectivity index (χ1v) is 7.62. The van der Waals surface area contributed by atoms with E-state index in [0.717, 1.165) is 31.4 Å². The summed E-state index contributed by atoms with van der Waals surface area (Å²) in [5.74, 6) is 2.14. The maximum atomic E-state index is 11.0. The molecule has 2 bridgehead atoms. The number of hydrogen-bond acceptors (Lipinski definition) is 4. The molecule has 4 N–H and O–H groups in total. The van der Waals surface area contributed by atoms with Gasteiger partial charge in [0, 0.05) is 17.8 Å². The van der Waals surface area contributed by atoms with Crippen LogP contribution in [0, 0.1) is 0 Å². The van der Waals surface area contributed by atoms with Crippen molar-refractivity contribution in [3.8, 4) is 0 Å². The van der Waals surface area contributed by atoms with E-state index < -0.39 is 5.60 Å². The van der Waals surface area contributed by atoms with Gasteiger partial charge in [-0.2, -0.15) is 11.8 Å². The lowest BCUT2D eigenvalue weighted by atomic mass is 9.71. The lowest BCUT2D eigenvalue weighted by Gasteiger charge is -2.50. The minimum absolute atomic E-state index is 0.334. The normalized spacial score (nSPS) is 52.9. The number of piperidine rings is 1. The molecule has 0 aromatic rings. The fourth-order valence-electron chi connectivity index (χ4n) is 3.71. The lowest BCUT2D eigenvalue weighted by Crippen LogP contribution is -2.68. The van der Waals surface area contributed by atoms with Crippen LogP contribution in [0.15, 0.2) is 0 Å². The average molecular weight is 242 g/mol. The lowest BCUT2D eigenvalue weighted by molar-refractivity contribution is -0.0677. The monoisotopic (exact) mass is 242 g/mol. The highest BCUT2D eigenvalue weighted by Crippen LogP contribution is 2.44.